The van der Waals surface area contributed by atoms with E-state index >= 15 is 0 Å². The van der Waals surface area contributed by atoms with Crippen LogP contribution in [0.2, 0.25) is 0 Å². The first-order chi connectivity index (χ1) is 16.7. The Morgan fingerprint density at radius 3 is 2.18 bits per heavy atom. The summed E-state index contributed by atoms with van der Waals surface area (Å²) in [5.74, 6) is 1.53. The first-order valence-electron chi connectivity index (χ1n) is 12.1. The molecule has 0 saturated heterocycles. The molecule has 1 saturated carbocycles. The molecule has 174 valence electrons. The number of aliphatic hydroxyl groups excluding tert-OH is 1. The SMILES string of the molecule is CCc1nn(-c2ccccc2)c(Oc2ccccc2)c1CN(CC(O)c1ccccc1)C1CC1. The van der Waals surface area contributed by atoms with E-state index in [1.54, 1.807) is 0 Å². The molecule has 0 radical (unpaired) electrons. The number of para-hydroxylation sites is 2. The quantitative estimate of drug-likeness (QED) is 0.324. The fraction of sp³-hybridized carbons (Fsp3) is 0.276. The number of aliphatic hydroxyl groups is 1. The highest BCUT2D eigenvalue weighted by molar-refractivity contribution is 5.43. The van der Waals surface area contributed by atoms with Crippen LogP contribution in [-0.2, 0) is 13.0 Å². The molecule has 4 aromatic rings. The lowest BCUT2D eigenvalue weighted by atomic mass is 10.1. The second-order valence-electron chi connectivity index (χ2n) is 8.83. The van der Waals surface area contributed by atoms with Gasteiger partial charge in [0.2, 0.25) is 5.88 Å². The van der Waals surface area contributed by atoms with Gasteiger partial charge in [-0.1, -0.05) is 73.7 Å². The average Bonchev–Trinajstić information content (AvgIpc) is 3.69. The Morgan fingerprint density at radius 2 is 1.56 bits per heavy atom. The maximum atomic E-state index is 11.0. The van der Waals surface area contributed by atoms with Crippen molar-refractivity contribution in [3.05, 3.63) is 108 Å². The van der Waals surface area contributed by atoms with Gasteiger partial charge in [0.15, 0.2) is 0 Å². The topological polar surface area (TPSA) is 50.5 Å². The second kappa shape index (κ2) is 10.2. The number of benzene rings is 3. The number of rotatable bonds is 10. The van der Waals surface area contributed by atoms with Gasteiger partial charge in [-0.05, 0) is 49.1 Å². The Morgan fingerprint density at radius 1 is 0.941 bits per heavy atom. The first kappa shape index (κ1) is 22.4. The summed E-state index contributed by atoms with van der Waals surface area (Å²) in [5, 5.41) is 15.9. The molecule has 3 aromatic carbocycles. The molecule has 34 heavy (non-hydrogen) atoms. The summed E-state index contributed by atoms with van der Waals surface area (Å²) in [6, 6.07) is 30.4. The number of hydrogen-bond donors (Lipinski definition) is 1. The summed E-state index contributed by atoms with van der Waals surface area (Å²) >= 11 is 0. The number of hydrogen-bond acceptors (Lipinski definition) is 4. The Labute approximate surface area is 201 Å². The number of nitrogens with zero attached hydrogens (tertiary/aromatic N) is 3. The molecule has 1 N–H and O–H groups in total. The third-order valence-corrected chi connectivity index (χ3v) is 6.33. The first-order valence-corrected chi connectivity index (χ1v) is 12.1. The zero-order valence-electron chi connectivity index (χ0n) is 19.5. The zero-order chi connectivity index (χ0) is 23.3. The molecule has 1 aromatic heterocycles. The van der Waals surface area contributed by atoms with Crippen LogP contribution in [0.4, 0.5) is 0 Å². The lowest BCUT2D eigenvalue weighted by Gasteiger charge is -2.25. The fourth-order valence-corrected chi connectivity index (χ4v) is 4.36. The van der Waals surface area contributed by atoms with Gasteiger partial charge in [-0.25, -0.2) is 4.68 Å². The molecule has 0 spiro atoms. The number of aromatic nitrogens is 2. The zero-order valence-corrected chi connectivity index (χ0v) is 19.5. The number of aryl methyl sites for hydroxylation is 1. The van der Waals surface area contributed by atoms with E-state index in [4.69, 9.17) is 9.84 Å². The molecule has 1 atom stereocenters. The Hall–Kier alpha value is -3.41. The van der Waals surface area contributed by atoms with Crippen molar-refractivity contribution >= 4 is 0 Å². The van der Waals surface area contributed by atoms with Gasteiger partial charge in [-0.3, -0.25) is 4.90 Å². The van der Waals surface area contributed by atoms with Crippen molar-refractivity contribution in [2.24, 2.45) is 0 Å². The van der Waals surface area contributed by atoms with Gasteiger partial charge in [0.05, 0.1) is 23.0 Å². The van der Waals surface area contributed by atoms with Gasteiger partial charge in [0.25, 0.3) is 0 Å². The van der Waals surface area contributed by atoms with E-state index in [0.717, 1.165) is 53.4 Å². The maximum Gasteiger partial charge on any atom is 0.227 e. The third kappa shape index (κ3) is 5.06. The molecule has 5 rings (SSSR count). The lowest BCUT2D eigenvalue weighted by molar-refractivity contribution is 0.104. The predicted octanol–water partition coefficient (Wildman–Crippen LogP) is 5.93. The van der Waals surface area contributed by atoms with Crippen LogP contribution in [0.25, 0.3) is 5.69 Å². The minimum atomic E-state index is -0.533. The van der Waals surface area contributed by atoms with Crippen LogP contribution < -0.4 is 4.74 Å². The van der Waals surface area contributed by atoms with Gasteiger partial charge in [-0.2, -0.15) is 5.10 Å². The minimum absolute atomic E-state index is 0.479. The average molecular weight is 454 g/mol. The van der Waals surface area contributed by atoms with Crippen LogP contribution >= 0.6 is 0 Å². The molecule has 1 heterocycles. The van der Waals surface area contributed by atoms with Crippen LogP contribution in [0.1, 0.15) is 42.7 Å². The lowest BCUT2D eigenvalue weighted by Crippen LogP contribution is -2.30. The van der Waals surface area contributed by atoms with Crippen molar-refractivity contribution in [1.29, 1.82) is 0 Å². The van der Waals surface area contributed by atoms with Gasteiger partial charge in [-0.15, -0.1) is 0 Å². The second-order valence-corrected chi connectivity index (χ2v) is 8.83. The summed E-state index contributed by atoms with van der Waals surface area (Å²) in [6.45, 7) is 3.40. The van der Waals surface area contributed by atoms with Crippen LogP contribution in [0, 0.1) is 0 Å². The fourth-order valence-electron chi connectivity index (χ4n) is 4.36. The highest BCUT2D eigenvalue weighted by Gasteiger charge is 2.33. The van der Waals surface area contributed by atoms with Crippen molar-refractivity contribution in [2.45, 2.75) is 44.9 Å². The summed E-state index contributed by atoms with van der Waals surface area (Å²) < 4.78 is 8.40. The van der Waals surface area contributed by atoms with E-state index in [0.29, 0.717) is 19.1 Å². The minimum Gasteiger partial charge on any atom is -0.439 e. The standard InChI is InChI=1S/C29H31N3O2/c1-2-27-26(20-31(23-18-19-23)21-28(33)22-12-6-3-7-13-22)29(34-25-16-10-5-11-17-25)32(30-27)24-14-8-4-9-15-24/h3-17,23,28,33H,2,18-21H2,1H3. The summed E-state index contributed by atoms with van der Waals surface area (Å²) in [6.07, 6.45) is 2.59. The van der Waals surface area contributed by atoms with Crippen LogP contribution in [-0.4, -0.2) is 32.4 Å². The van der Waals surface area contributed by atoms with Crippen molar-refractivity contribution in [1.82, 2.24) is 14.7 Å². The van der Waals surface area contributed by atoms with E-state index in [9.17, 15) is 5.11 Å². The molecule has 1 aliphatic rings. The van der Waals surface area contributed by atoms with Crippen molar-refractivity contribution in [3.8, 4) is 17.3 Å². The largest absolute Gasteiger partial charge is 0.439 e. The van der Waals surface area contributed by atoms with Crippen LogP contribution in [0.5, 0.6) is 11.6 Å². The van der Waals surface area contributed by atoms with Crippen molar-refractivity contribution in [3.63, 3.8) is 0 Å². The van der Waals surface area contributed by atoms with E-state index in [1.165, 1.54) is 0 Å². The van der Waals surface area contributed by atoms with Gasteiger partial charge in [0.1, 0.15) is 5.75 Å². The molecule has 0 aliphatic heterocycles. The summed E-state index contributed by atoms with van der Waals surface area (Å²) in [4.78, 5) is 2.39. The predicted molar refractivity (Wildman–Crippen MR) is 134 cm³/mol. The van der Waals surface area contributed by atoms with Gasteiger partial charge >= 0.3 is 0 Å². The van der Waals surface area contributed by atoms with Crippen LogP contribution in [0.3, 0.4) is 0 Å². The van der Waals surface area contributed by atoms with E-state index < -0.39 is 6.10 Å². The molecule has 1 aliphatic carbocycles. The Balaban J connectivity index is 1.50. The van der Waals surface area contributed by atoms with Crippen molar-refractivity contribution < 1.29 is 9.84 Å². The monoisotopic (exact) mass is 453 g/mol. The molecule has 5 nitrogen and oxygen atoms in total. The van der Waals surface area contributed by atoms with Crippen molar-refractivity contribution in [2.75, 3.05) is 6.54 Å². The number of ether oxygens (including phenoxy) is 1. The molecule has 1 fully saturated rings. The highest BCUT2D eigenvalue weighted by Crippen LogP contribution is 2.36. The molecule has 0 amide bonds. The van der Waals surface area contributed by atoms with E-state index in [2.05, 4.69) is 11.8 Å². The Kier molecular flexibility index (Phi) is 6.74. The smallest absolute Gasteiger partial charge is 0.227 e. The summed E-state index contributed by atoms with van der Waals surface area (Å²) in [5.41, 5.74) is 4.03. The Bertz CT molecular complexity index is 1190. The van der Waals surface area contributed by atoms with E-state index in [1.807, 2.05) is 95.7 Å². The van der Waals surface area contributed by atoms with Crippen LogP contribution in [0.15, 0.2) is 91.0 Å². The normalized spacial score (nSPS) is 14.3. The maximum absolute atomic E-state index is 11.0. The highest BCUT2D eigenvalue weighted by atomic mass is 16.5. The molecule has 5 heteroatoms. The van der Waals surface area contributed by atoms with Gasteiger partial charge in [0, 0.05) is 19.1 Å². The molecule has 0 bridgehead atoms. The third-order valence-electron chi connectivity index (χ3n) is 6.33. The molecular formula is C29H31N3O2. The summed E-state index contributed by atoms with van der Waals surface area (Å²) in [7, 11) is 0. The van der Waals surface area contributed by atoms with E-state index in [-0.39, 0.29) is 0 Å². The molecular weight excluding hydrogens is 422 g/mol. The molecule has 1 unspecified atom stereocenters. The van der Waals surface area contributed by atoms with Gasteiger partial charge < -0.3 is 9.84 Å².